The molecule has 0 radical (unpaired) electrons. The van der Waals surface area contributed by atoms with Crippen LogP contribution in [-0.2, 0) is 4.79 Å². The number of hydrogen-bond donors (Lipinski definition) is 2. The van der Waals surface area contributed by atoms with Crippen molar-refractivity contribution in [2.24, 2.45) is 17.8 Å². The van der Waals surface area contributed by atoms with Crippen LogP contribution in [-0.4, -0.2) is 24.5 Å². The summed E-state index contributed by atoms with van der Waals surface area (Å²) in [5, 5.41) is 6.55. The van der Waals surface area contributed by atoms with E-state index in [1.807, 2.05) is 0 Å². The normalized spacial score (nSPS) is 47.7. The molecule has 1 heterocycles. The van der Waals surface area contributed by atoms with Gasteiger partial charge in [-0.3, -0.25) is 4.79 Å². The van der Waals surface area contributed by atoms with Gasteiger partial charge in [-0.1, -0.05) is 0 Å². The second-order valence-corrected chi connectivity index (χ2v) is 5.90. The van der Waals surface area contributed by atoms with Gasteiger partial charge in [-0.2, -0.15) is 0 Å². The van der Waals surface area contributed by atoms with Crippen LogP contribution in [0.4, 0.5) is 0 Å². The van der Waals surface area contributed by atoms with Crippen molar-refractivity contribution in [1.82, 2.24) is 10.6 Å². The molecule has 2 aliphatic carbocycles. The summed E-state index contributed by atoms with van der Waals surface area (Å²) in [7, 11) is 0. The Morgan fingerprint density at radius 2 is 2.07 bits per heavy atom. The summed E-state index contributed by atoms with van der Waals surface area (Å²) in [6.45, 7) is 4.12. The molecule has 3 heteroatoms. The summed E-state index contributed by atoms with van der Waals surface area (Å²) in [6.07, 6.45) is 4.76. The van der Waals surface area contributed by atoms with E-state index in [1.165, 1.54) is 6.42 Å². The Morgan fingerprint density at radius 3 is 2.67 bits per heavy atom. The molecule has 0 aromatic rings. The van der Waals surface area contributed by atoms with Crippen molar-refractivity contribution < 1.29 is 4.79 Å². The Bertz CT molecular complexity index is 273. The predicted molar refractivity (Wildman–Crippen MR) is 58.4 cm³/mol. The van der Waals surface area contributed by atoms with Crippen LogP contribution in [0.2, 0.25) is 0 Å². The molecule has 3 rings (SSSR count). The van der Waals surface area contributed by atoms with E-state index in [9.17, 15) is 4.79 Å². The Hall–Kier alpha value is -0.570. The molecule has 3 nitrogen and oxygen atoms in total. The van der Waals surface area contributed by atoms with E-state index in [0.717, 1.165) is 44.2 Å². The molecule has 2 saturated carbocycles. The lowest BCUT2D eigenvalue weighted by Gasteiger charge is -2.26. The Labute approximate surface area is 91.0 Å². The van der Waals surface area contributed by atoms with E-state index in [4.69, 9.17) is 0 Å². The van der Waals surface area contributed by atoms with Crippen molar-refractivity contribution >= 4 is 5.91 Å². The van der Waals surface area contributed by atoms with Crippen LogP contribution in [0.5, 0.6) is 0 Å². The number of carbonyl (C=O) groups is 1. The summed E-state index contributed by atoms with van der Waals surface area (Å²) < 4.78 is 0. The van der Waals surface area contributed by atoms with Crippen molar-refractivity contribution in [3.63, 3.8) is 0 Å². The second-order valence-electron chi connectivity index (χ2n) is 5.90. The van der Waals surface area contributed by atoms with Crippen molar-refractivity contribution in [1.29, 1.82) is 0 Å². The average Bonchev–Trinajstić information content (AvgIpc) is 2.63. The number of rotatable bonds is 2. The minimum absolute atomic E-state index is 0.0177. The lowest BCUT2D eigenvalue weighted by atomic mass is 9.97. The molecule has 0 spiro atoms. The number of fused-ring (bicyclic) bond motifs is 1. The molecule has 0 aromatic heterocycles. The average molecular weight is 208 g/mol. The highest BCUT2D eigenvalue weighted by atomic mass is 16.2. The van der Waals surface area contributed by atoms with Crippen LogP contribution < -0.4 is 10.6 Å². The highest BCUT2D eigenvalue weighted by Crippen LogP contribution is 2.54. The van der Waals surface area contributed by atoms with Crippen LogP contribution in [0.25, 0.3) is 0 Å². The Balaban J connectivity index is 1.56. The van der Waals surface area contributed by atoms with Crippen LogP contribution >= 0.6 is 0 Å². The fraction of sp³-hybridized carbons (Fsp3) is 0.917. The molecule has 1 aliphatic heterocycles. The zero-order valence-corrected chi connectivity index (χ0v) is 9.38. The largest absolute Gasteiger partial charge is 0.349 e. The first-order valence-corrected chi connectivity index (χ1v) is 6.19. The maximum absolute atomic E-state index is 12.0. The van der Waals surface area contributed by atoms with E-state index in [1.54, 1.807) is 0 Å². The SMILES string of the molecule is CC1(NC(=O)C2CC3CC3C2)CCNC1. The predicted octanol–water partition coefficient (Wildman–Crippen LogP) is 0.901. The third-order valence-electron chi connectivity index (χ3n) is 4.41. The molecule has 0 aromatic carbocycles. The van der Waals surface area contributed by atoms with Crippen LogP contribution in [0.15, 0.2) is 0 Å². The van der Waals surface area contributed by atoms with E-state index < -0.39 is 0 Å². The van der Waals surface area contributed by atoms with Gasteiger partial charge in [-0.15, -0.1) is 0 Å². The van der Waals surface area contributed by atoms with Crippen molar-refractivity contribution in [2.45, 2.75) is 38.1 Å². The quantitative estimate of drug-likeness (QED) is 0.708. The fourth-order valence-corrected chi connectivity index (χ4v) is 3.25. The third-order valence-corrected chi connectivity index (χ3v) is 4.41. The third kappa shape index (κ3) is 1.78. The van der Waals surface area contributed by atoms with Gasteiger partial charge in [-0.05, 0) is 51.0 Å². The highest BCUT2D eigenvalue weighted by molar-refractivity contribution is 5.80. The molecule has 2 N–H and O–H groups in total. The Kier molecular flexibility index (Phi) is 2.06. The molecule has 3 aliphatic rings. The molecular formula is C12H20N2O. The smallest absolute Gasteiger partial charge is 0.223 e. The van der Waals surface area contributed by atoms with E-state index >= 15 is 0 Å². The van der Waals surface area contributed by atoms with Crippen molar-refractivity contribution in [2.75, 3.05) is 13.1 Å². The molecule has 84 valence electrons. The Morgan fingerprint density at radius 1 is 1.33 bits per heavy atom. The van der Waals surface area contributed by atoms with E-state index in [0.29, 0.717) is 11.8 Å². The van der Waals surface area contributed by atoms with Crippen LogP contribution in [0, 0.1) is 17.8 Å². The topological polar surface area (TPSA) is 41.1 Å². The minimum atomic E-state index is 0.0177. The zero-order chi connectivity index (χ0) is 10.5. The molecule has 1 amide bonds. The molecular weight excluding hydrogens is 188 g/mol. The van der Waals surface area contributed by atoms with Crippen molar-refractivity contribution in [3.05, 3.63) is 0 Å². The highest BCUT2D eigenvalue weighted by Gasteiger charge is 2.48. The molecule has 3 unspecified atom stereocenters. The van der Waals surface area contributed by atoms with Gasteiger partial charge in [0.1, 0.15) is 0 Å². The van der Waals surface area contributed by atoms with Gasteiger partial charge in [0.2, 0.25) is 5.91 Å². The van der Waals surface area contributed by atoms with Gasteiger partial charge in [-0.25, -0.2) is 0 Å². The fourth-order valence-electron chi connectivity index (χ4n) is 3.25. The van der Waals surface area contributed by atoms with Gasteiger partial charge >= 0.3 is 0 Å². The molecule has 3 fully saturated rings. The second kappa shape index (κ2) is 3.21. The number of nitrogens with one attached hydrogen (secondary N) is 2. The minimum Gasteiger partial charge on any atom is -0.349 e. The summed E-state index contributed by atoms with van der Waals surface area (Å²) >= 11 is 0. The number of carbonyl (C=O) groups excluding carboxylic acids is 1. The summed E-state index contributed by atoms with van der Waals surface area (Å²) in [5.41, 5.74) is 0.0177. The number of hydrogen-bond acceptors (Lipinski definition) is 2. The van der Waals surface area contributed by atoms with Crippen LogP contribution in [0.1, 0.15) is 32.6 Å². The molecule has 15 heavy (non-hydrogen) atoms. The number of amides is 1. The lowest BCUT2D eigenvalue weighted by molar-refractivity contribution is -0.126. The summed E-state index contributed by atoms with van der Waals surface area (Å²) in [4.78, 5) is 12.0. The van der Waals surface area contributed by atoms with Gasteiger partial charge in [0.25, 0.3) is 0 Å². The maximum atomic E-state index is 12.0. The first-order chi connectivity index (χ1) is 7.16. The standard InChI is InChI=1S/C12H20N2O/c1-12(2-3-13-7-12)14-11(15)10-5-8-4-9(8)6-10/h8-10,13H,2-7H2,1H3,(H,14,15). The zero-order valence-electron chi connectivity index (χ0n) is 9.38. The van der Waals surface area contributed by atoms with Gasteiger partial charge in [0, 0.05) is 12.5 Å². The van der Waals surface area contributed by atoms with Crippen LogP contribution in [0.3, 0.4) is 0 Å². The molecule has 3 atom stereocenters. The first-order valence-electron chi connectivity index (χ1n) is 6.19. The van der Waals surface area contributed by atoms with Gasteiger partial charge in [0.15, 0.2) is 0 Å². The van der Waals surface area contributed by atoms with Crippen molar-refractivity contribution in [3.8, 4) is 0 Å². The first kappa shape index (κ1) is 9.64. The maximum Gasteiger partial charge on any atom is 0.223 e. The summed E-state index contributed by atoms with van der Waals surface area (Å²) in [5.74, 6) is 2.44. The monoisotopic (exact) mass is 208 g/mol. The molecule has 1 saturated heterocycles. The van der Waals surface area contributed by atoms with E-state index in [2.05, 4.69) is 17.6 Å². The lowest BCUT2D eigenvalue weighted by Crippen LogP contribution is -2.49. The van der Waals surface area contributed by atoms with E-state index in [-0.39, 0.29) is 5.54 Å². The summed E-state index contributed by atoms with van der Waals surface area (Å²) in [6, 6.07) is 0. The molecule has 0 bridgehead atoms. The van der Waals surface area contributed by atoms with Gasteiger partial charge < -0.3 is 10.6 Å². The van der Waals surface area contributed by atoms with Gasteiger partial charge in [0.05, 0.1) is 5.54 Å².